The molecule has 1 aromatic heterocycles. The van der Waals surface area contributed by atoms with Crippen LogP contribution in [0.1, 0.15) is 29.0 Å². The van der Waals surface area contributed by atoms with Gasteiger partial charge in [0.2, 0.25) is 11.7 Å². The second-order valence-corrected chi connectivity index (χ2v) is 5.31. The number of benzene rings is 1. The van der Waals surface area contributed by atoms with Gasteiger partial charge < -0.3 is 21.2 Å². The number of ketones is 1. The number of rotatable bonds is 7. The maximum atomic E-state index is 12.3. The quantitative estimate of drug-likeness (QED) is 0.619. The van der Waals surface area contributed by atoms with Gasteiger partial charge >= 0.3 is 0 Å². The molecule has 0 aliphatic heterocycles. The van der Waals surface area contributed by atoms with Crippen LogP contribution < -0.4 is 16.8 Å². The van der Waals surface area contributed by atoms with Gasteiger partial charge in [-0.25, -0.2) is 0 Å². The molecule has 1 heterocycles. The predicted octanol–water partition coefficient (Wildman–Crippen LogP) is 0.160. The summed E-state index contributed by atoms with van der Waals surface area (Å²) in [7, 11) is 0. The number of primary amides is 2. The van der Waals surface area contributed by atoms with Crippen LogP contribution in [0.5, 0.6) is 0 Å². The van der Waals surface area contributed by atoms with Crippen molar-refractivity contribution in [2.45, 2.75) is 25.8 Å². The van der Waals surface area contributed by atoms with Crippen LogP contribution >= 0.6 is 0 Å². The number of Topliss-reactive ketones (excluding diaryl/α,β-unsaturated/α-hetero) is 1. The molecule has 2 aromatic rings. The molecule has 1 atom stereocenters. The van der Waals surface area contributed by atoms with E-state index in [0.29, 0.717) is 11.1 Å². The summed E-state index contributed by atoms with van der Waals surface area (Å²) in [6.07, 6.45) is -0.412. The van der Waals surface area contributed by atoms with Crippen molar-refractivity contribution in [1.82, 2.24) is 5.32 Å². The summed E-state index contributed by atoms with van der Waals surface area (Å²) in [6, 6.07) is 5.99. The van der Waals surface area contributed by atoms with Crippen LogP contribution in [0.4, 0.5) is 0 Å². The Kier molecular flexibility index (Phi) is 4.98. The molecule has 0 aliphatic carbocycles. The summed E-state index contributed by atoms with van der Waals surface area (Å²) in [4.78, 5) is 45.8. The average molecular weight is 331 g/mol. The maximum Gasteiger partial charge on any atom is 0.287 e. The number of aryl methyl sites for hydroxylation is 1. The summed E-state index contributed by atoms with van der Waals surface area (Å²) in [5, 5.41) is 3.20. The average Bonchev–Trinajstić information content (AvgIpc) is 2.88. The molecule has 1 aromatic carbocycles. The van der Waals surface area contributed by atoms with Crippen LogP contribution in [-0.2, 0) is 14.4 Å². The summed E-state index contributed by atoms with van der Waals surface area (Å²) >= 11 is 0. The fourth-order valence-corrected chi connectivity index (χ4v) is 2.30. The molecule has 8 nitrogen and oxygen atoms in total. The molecule has 5 N–H and O–H groups in total. The molecule has 126 valence electrons. The highest BCUT2D eigenvalue weighted by Crippen LogP contribution is 2.24. The first-order chi connectivity index (χ1) is 11.3. The lowest BCUT2D eigenvalue weighted by Crippen LogP contribution is -2.45. The molecule has 0 saturated heterocycles. The van der Waals surface area contributed by atoms with Gasteiger partial charge in [0, 0.05) is 17.4 Å². The molecule has 2 rings (SSSR count). The Bertz CT molecular complexity index is 824. The lowest BCUT2D eigenvalue weighted by atomic mass is 10.1. The van der Waals surface area contributed by atoms with E-state index in [1.165, 1.54) is 0 Å². The molecule has 0 saturated carbocycles. The third kappa shape index (κ3) is 3.60. The normalized spacial score (nSPS) is 11.9. The van der Waals surface area contributed by atoms with E-state index in [-0.39, 0.29) is 18.6 Å². The number of nitrogens with two attached hydrogens (primary N) is 2. The molecular weight excluding hydrogens is 314 g/mol. The lowest BCUT2D eigenvalue weighted by Gasteiger charge is -2.14. The zero-order chi connectivity index (χ0) is 17.9. The van der Waals surface area contributed by atoms with E-state index in [1.807, 2.05) is 12.1 Å². The Morgan fingerprint density at radius 1 is 1.17 bits per heavy atom. The smallest absolute Gasteiger partial charge is 0.287 e. The van der Waals surface area contributed by atoms with Crippen molar-refractivity contribution >= 4 is 34.5 Å². The lowest BCUT2D eigenvalue weighted by molar-refractivity contribution is -0.136. The molecule has 0 bridgehead atoms. The van der Waals surface area contributed by atoms with Gasteiger partial charge in [0.05, 0.1) is 0 Å². The third-order valence-corrected chi connectivity index (χ3v) is 3.63. The van der Waals surface area contributed by atoms with Crippen LogP contribution in [0.25, 0.3) is 11.0 Å². The summed E-state index contributed by atoms with van der Waals surface area (Å²) in [5.41, 5.74) is 11.2. The first-order valence-corrected chi connectivity index (χ1v) is 7.22. The van der Waals surface area contributed by atoms with Crippen molar-refractivity contribution < 1.29 is 23.6 Å². The molecule has 0 aliphatic rings. The first kappa shape index (κ1) is 17.2. The minimum Gasteiger partial charge on any atom is -0.451 e. The Morgan fingerprint density at radius 3 is 2.42 bits per heavy atom. The Morgan fingerprint density at radius 2 is 1.83 bits per heavy atom. The van der Waals surface area contributed by atoms with Gasteiger partial charge in [-0.05, 0) is 19.4 Å². The van der Waals surface area contributed by atoms with Gasteiger partial charge in [-0.1, -0.05) is 18.2 Å². The van der Waals surface area contributed by atoms with Crippen LogP contribution in [0, 0.1) is 6.92 Å². The number of hydrogen-bond acceptors (Lipinski definition) is 5. The molecule has 1 unspecified atom stereocenters. The fraction of sp³-hybridized carbons (Fsp3) is 0.250. The van der Waals surface area contributed by atoms with Crippen molar-refractivity contribution in [3.05, 3.63) is 35.6 Å². The van der Waals surface area contributed by atoms with Gasteiger partial charge in [0.1, 0.15) is 11.6 Å². The standard InChI is InChI=1S/C16H17N3O5/c1-8-9-4-2-3-5-12(9)24-13(8)16(23)19-10(14(17)21)6-7-11(20)15(18)22/h2-5,10H,6-7H2,1H3,(H2,17,21)(H2,18,22)(H,19,23). The monoisotopic (exact) mass is 331 g/mol. The Labute approximate surface area is 137 Å². The number of carbonyl (C=O) groups is 4. The Balaban J connectivity index is 2.15. The number of fused-ring (bicyclic) bond motifs is 1. The highest BCUT2D eigenvalue weighted by molar-refractivity contribution is 6.35. The molecule has 24 heavy (non-hydrogen) atoms. The highest BCUT2D eigenvalue weighted by atomic mass is 16.3. The van der Waals surface area contributed by atoms with E-state index in [4.69, 9.17) is 15.9 Å². The van der Waals surface area contributed by atoms with Crippen molar-refractivity contribution in [3.8, 4) is 0 Å². The predicted molar refractivity (Wildman–Crippen MR) is 84.8 cm³/mol. The second kappa shape index (κ2) is 6.95. The molecule has 3 amide bonds. The van der Waals surface area contributed by atoms with E-state index in [0.717, 1.165) is 5.39 Å². The maximum absolute atomic E-state index is 12.3. The SMILES string of the molecule is Cc1c(C(=O)NC(CCC(=O)C(N)=O)C(N)=O)oc2ccccc12. The number of para-hydroxylation sites is 1. The van der Waals surface area contributed by atoms with Crippen LogP contribution in [-0.4, -0.2) is 29.5 Å². The number of furan rings is 1. The van der Waals surface area contributed by atoms with Crippen molar-refractivity contribution in [1.29, 1.82) is 0 Å². The van der Waals surface area contributed by atoms with Crippen LogP contribution in [0.3, 0.4) is 0 Å². The summed E-state index contributed by atoms with van der Waals surface area (Å²) < 4.78 is 5.50. The highest BCUT2D eigenvalue weighted by Gasteiger charge is 2.24. The molecule has 0 spiro atoms. The number of amides is 3. The van der Waals surface area contributed by atoms with Gasteiger partial charge in [0.15, 0.2) is 5.76 Å². The number of nitrogens with one attached hydrogen (secondary N) is 1. The molecule has 0 fully saturated rings. The third-order valence-electron chi connectivity index (χ3n) is 3.63. The van der Waals surface area contributed by atoms with Crippen LogP contribution in [0.2, 0.25) is 0 Å². The summed E-state index contributed by atoms with van der Waals surface area (Å²) in [6.45, 7) is 1.72. The topological polar surface area (TPSA) is 145 Å². The minimum atomic E-state index is -1.12. The van der Waals surface area contributed by atoms with Gasteiger partial charge in [-0.3, -0.25) is 19.2 Å². The van der Waals surface area contributed by atoms with E-state index in [9.17, 15) is 19.2 Å². The molecular formula is C16H17N3O5. The minimum absolute atomic E-state index is 0.0590. The Hall–Kier alpha value is -3.16. The van der Waals surface area contributed by atoms with Crippen molar-refractivity contribution in [2.24, 2.45) is 11.5 Å². The van der Waals surface area contributed by atoms with E-state index < -0.39 is 29.5 Å². The zero-order valence-electron chi connectivity index (χ0n) is 13.0. The van der Waals surface area contributed by atoms with Gasteiger partial charge in [0.25, 0.3) is 11.8 Å². The molecule has 0 radical (unpaired) electrons. The van der Waals surface area contributed by atoms with Crippen LogP contribution in [0.15, 0.2) is 28.7 Å². The fourth-order valence-electron chi connectivity index (χ4n) is 2.30. The summed E-state index contributed by atoms with van der Waals surface area (Å²) in [5.74, 6) is -3.33. The first-order valence-electron chi connectivity index (χ1n) is 7.22. The van der Waals surface area contributed by atoms with Gasteiger partial charge in [-0.2, -0.15) is 0 Å². The zero-order valence-corrected chi connectivity index (χ0v) is 13.0. The van der Waals surface area contributed by atoms with E-state index in [1.54, 1.807) is 19.1 Å². The number of carbonyl (C=O) groups excluding carboxylic acids is 4. The van der Waals surface area contributed by atoms with Crippen molar-refractivity contribution in [3.63, 3.8) is 0 Å². The second-order valence-electron chi connectivity index (χ2n) is 5.31. The van der Waals surface area contributed by atoms with E-state index in [2.05, 4.69) is 5.32 Å². The number of hydrogen-bond donors (Lipinski definition) is 3. The van der Waals surface area contributed by atoms with E-state index >= 15 is 0 Å². The van der Waals surface area contributed by atoms with Gasteiger partial charge in [-0.15, -0.1) is 0 Å². The van der Waals surface area contributed by atoms with Crippen molar-refractivity contribution in [2.75, 3.05) is 0 Å². The largest absolute Gasteiger partial charge is 0.451 e. The molecule has 8 heteroatoms.